The van der Waals surface area contributed by atoms with Crippen molar-refractivity contribution in [1.82, 2.24) is 4.90 Å². The van der Waals surface area contributed by atoms with Gasteiger partial charge in [-0.05, 0) is 45.4 Å². The second kappa shape index (κ2) is 5.35. The number of rotatable bonds is 3. The van der Waals surface area contributed by atoms with E-state index in [1.54, 1.807) is 0 Å². The van der Waals surface area contributed by atoms with Gasteiger partial charge < -0.3 is 15.6 Å². The molecule has 1 saturated heterocycles. The molecule has 4 heteroatoms. The molecular formula is C16H26N2O2. The molecule has 0 spiro atoms. The van der Waals surface area contributed by atoms with E-state index in [9.17, 15) is 5.11 Å². The smallest absolute Gasteiger partial charge is 0.0917 e. The summed E-state index contributed by atoms with van der Waals surface area (Å²) in [5.41, 5.74) is 6.93. The Morgan fingerprint density at radius 2 is 1.85 bits per heavy atom. The lowest BCUT2D eigenvalue weighted by Gasteiger charge is -2.47. The number of ether oxygens (including phenoxy) is 1. The number of nitrogens with zero attached hydrogens (tertiary/aromatic N) is 1. The number of nitrogens with two attached hydrogens (primary N) is 1. The number of β-amino-alcohol motifs (C(OH)–C–C–N with tert-alkyl or cyclic N) is 1. The molecule has 4 nitrogen and oxygen atoms in total. The lowest BCUT2D eigenvalue weighted by atomic mass is 9.98. The Hall–Kier alpha value is -1.10. The number of aliphatic hydroxyl groups excluding tert-OH is 1. The molecule has 0 aromatic heterocycles. The van der Waals surface area contributed by atoms with Crippen molar-refractivity contribution in [2.75, 3.05) is 25.4 Å². The van der Waals surface area contributed by atoms with E-state index in [1.165, 1.54) is 0 Å². The van der Waals surface area contributed by atoms with Gasteiger partial charge in [-0.1, -0.05) is 12.1 Å². The van der Waals surface area contributed by atoms with Crippen LogP contribution in [0.15, 0.2) is 24.3 Å². The van der Waals surface area contributed by atoms with E-state index in [0.717, 1.165) is 18.7 Å². The number of nitrogen functional groups attached to an aromatic ring is 1. The quantitative estimate of drug-likeness (QED) is 0.832. The number of morpholine rings is 1. The summed E-state index contributed by atoms with van der Waals surface area (Å²) in [6, 6.07) is 7.46. The molecule has 0 saturated carbocycles. The van der Waals surface area contributed by atoms with Gasteiger partial charge in [0.05, 0.1) is 17.3 Å². The summed E-state index contributed by atoms with van der Waals surface area (Å²) in [5, 5.41) is 10.4. The van der Waals surface area contributed by atoms with Crippen molar-refractivity contribution in [3.05, 3.63) is 29.8 Å². The molecule has 1 aliphatic rings. The Kier molecular flexibility index (Phi) is 4.09. The van der Waals surface area contributed by atoms with Crippen molar-refractivity contribution in [2.24, 2.45) is 0 Å². The van der Waals surface area contributed by atoms with Crippen LogP contribution in [0.3, 0.4) is 0 Å². The number of anilines is 1. The van der Waals surface area contributed by atoms with Crippen LogP contribution in [0.2, 0.25) is 0 Å². The fourth-order valence-corrected chi connectivity index (χ4v) is 3.19. The van der Waals surface area contributed by atoms with E-state index in [1.807, 2.05) is 24.3 Å². The number of benzene rings is 1. The van der Waals surface area contributed by atoms with Crippen molar-refractivity contribution >= 4 is 5.69 Å². The van der Waals surface area contributed by atoms with Crippen molar-refractivity contribution in [3.8, 4) is 0 Å². The van der Waals surface area contributed by atoms with Gasteiger partial charge in [0.15, 0.2) is 0 Å². The van der Waals surface area contributed by atoms with Gasteiger partial charge in [0.1, 0.15) is 0 Å². The molecule has 1 unspecified atom stereocenters. The van der Waals surface area contributed by atoms with Gasteiger partial charge in [0.25, 0.3) is 0 Å². The molecule has 1 atom stereocenters. The van der Waals surface area contributed by atoms with Crippen LogP contribution in [-0.2, 0) is 4.74 Å². The van der Waals surface area contributed by atoms with E-state index in [2.05, 4.69) is 32.6 Å². The average Bonchev–Trinajstić information content (AvgIpc) is 2.24. The van der Waals surface area contributed by atoms with Crippen molar-refractivity contribution < 1.29 is 9.84 Å². The molecule has 1 aromatic rings. The highest BCUT2D eigenvalue weighted by Gasteiger charge is 2.38. The van der Waals surface area contributed by atoms with E-state index in [4.69, 9.17) is 10.5 Å². The van der Waals surface area contributed by atoms with Gasteiger partial charge in [-0.2, -0.15) is 0 Å². The summed E-state index contributed by atoms with van der Waals surface area (Å²) in [4.78, 5) is 2.26. The predicted octanol–water partition coefficient (Wildman–Crippen LogP) is 2.19. The SMILES string of the molecule is CC1(C)CN(CC(O)c2cccc(N)c2)CC(C)(C)O1. The maximum absolute atomic E-state index is 10.4. The largest absolute Gasteiger partial charge is 0.399 e. The highest BCUT2D eigenvalue weighted by atomic mass is 16.5. The Morgan fingerprint density at radius 3 is 2.40 bits per heavy atom. The first-order chi connectivity index (χ1) is 9.17. The van der Waals surface area contributed by atoms with Crippen molar-refractivity contribution in [1.29, 1.82) is 0 Å². The lowest BCUT2D eigenvalue weighted by molar-refractivity contribution is -0.183. The molecule has 1 aromatic carbocycles. The van der Waals surface area contributed by atoms with E-state index < -0.39 is 6.10 Å². The van der Waals surface area contributed by atoms with E-state index in [-0.39, 0.29) is 11.2 Å². The summed E-state index contributed by atoms with van der Waals surface area (Å²) in [6.07, 6.45) is -0.525. The highest BCUT2D eigenvalue weighted by Crippen LogP contribution is 2.29. The maximum Gasteiger partial charge on any atom is 0.0917 e. The molecular weight excluding hydrogens is 252 g/mol. The standard InChI is InChI=1S/C16H26N2O2/c1-15(2)10-18(11-16(3,4)20-15)9-14(19)12-6-5-7-13(17)8-12/h5-8,14,19H,9-11,17H2,1-4H3. The molecule has 2 rings (SSSR count). The van der Waals surface area contributed by atoms with Gasteiger partial charge in [-0.3, -0.25) is 4.90 Å². The lowest BCUT2D eigenvalue weighted by Crippen LogP contribution is -2.57. The van der Waals surface area contributed by atoms with Crippen LogP contribution in [0.1, 0.15) is 39.4 Å². The van der Waals surface area contributed by atoms with Crippen molar-refractivity contribution in [3.63, 3.8) is 0 Å². The first-order valence-corrected chi connectivity index (χ1v) is 7.13. The number of aliphatic hydroxyl groups is 1. The minimum Gasteiger partial charge on any atom is -0.399 e. The van der Waals surface area contributed by atoms with Crippen LogP contribution in [0.5, 0.6) is 0 Å². The van der Waals surface area contributed by atoms with Crippen LogP contribution in [0, 0.1) is 0 Å². The fraction of sp³-hybridized carbons (Fsp3) is 0.625. The zero-order valence-electron chi connectivity index (χ0n) is 12.9. The first-order valence-electron chi connectivity index (χ1n) is 7.13. The summed E-state index contributed by atoms with van der Waals surface area (Å²) < 4.78 is 6.05. The first kappa shape index (κ1) is 15.3. The minimum absolute atomic E-state index is 0.197. The van der Waals surface area contributed by atoms with E-state index >= 15 is 0 Å². The third kappa shape index (κ3) is 3.95. The topological polar surface area (TPSA) is 58.7 Å². The highest BCUT2D eigenvalue weighted by molar-refractivity contribution is 5.41. The molecule has 1 aliphatic heterocycles. The molecule has 0 aliphatic carbocycles. The predicted molar refractivity (Wildman–Crippen MR) is 81.5 cm³/mol. The van der Waals surface area contributed by atoms with Crippen LogP contribution in [-0.4, -0.2) is 40.8 Å². The van der Waals surface area contributed by atoms with Crippen LogP contribution in [0.4, 0.5) is 5.69 Å². The molecule has 112 valence electrons. The van der Waals surface area contributed by atoms with Crippen LogP contribution >= 0.6 is 0 Å². The fourth-order valence-electron chi connectivity index (χ4n) is 3.19. The Balaban J connectivity index is 2.05. The molecule has 0 amide bonds. The number of hydrogen-bond donors (Lipinski definition) is 2. The number of hydrogen-bond acceptors (Lipinski definition) is 4. The van der Waals surface area contributed by atoms with E-state index in [0.29, 0.717) is 12.2 Å². The maximum atomic E-state index is 10.4. The monoisotopic (exact) mass is 278 g/mol. The minimum atomic E-state index is -0.525. The van der Waals surface area contributed by atoms with Crippen molar-refractivity contribution in [2.45, 2.75) is 45.0 Å². The summed E-state index contributed by atoms with van der Waals surface area (Å²) in [5.74, 6) is 0. The van der Waals surface area contributed by atoms with Gasteiger partial charge >= 0.3 is 0 Å². The Bertz CT molecular complexity index is 455. The molecule has 1 fully saturated rings. The van der Waals surface area contributed by atoms with Gasteiger partial charge in [-0.15, -0.1) is 0 Å². The summed E-state index contributed by atoms with van der Waals surface area (Å²) >= 11 is 0. The third-order valence-electron chi connectivity index (χ3n) is 3.49. The second-order valence-corrected chi connectivity index (χ2v) is 6.98. The average molecular weight is 278 g/mol. The van der Waals surface area contributed by atoms with Crippen LogP contribution in [0.25, 0.3) is 0 Å². The normalized spacial score (nSPS) is 23.4. The zero-order chi connectivity index (χ0) is 15.0. The van der Waals surface area contributed by atoms with Gasteiger partial charge in [0.2, 0.25) is 0 Å². The molecule has 0 radical (unpaired) electrons. The zero-order valence-corrected chi connectivity index (χ0v) is 12.9. The third-order valence-corrected chi connectivity index (χ3v) is 3.49. The summed E-state index contributed by atoms with van der Waals surface area (Å²) in [7, 11) is 0. The van der Waals surface area contributed by atoms with Crippen LogP contribution < -0.4 is 5.73 Å². The summed E-state index contributed by atoms with van der Waals surface area (Å²) in [6.45, 7) is 10.6. The Morgan fingerprint density at radius 1 is 1.25 bits per heavy atom. The van der Waals surface area contributed by atoms with Gasteiger partial charge in [-0.25, -0.2) is 0 Å². The molecule has 3 N–H and O–H groups in total. The molecule has 0 bridgehead atoms. The second-order valence-electron chi connectivity index (χ2n) is 6.98. The van der Waals surface area contributed by atoms with Gasteiger partial charge in [0, 0.05) is 25.3 Å². The molecule has 1 heterocycles. The molecule has 20 heavy (non-hydrogen) atoms. The Labute approximate surface area is 121 Å².